The van der Waals surface area contributed by atoms with Gasteiger partial charge in [0.2, 0.25) is 5.88 Å². The highest BCUT2D eigenvalue weighted by atomic mass is 16.5. The maximum absolute atomic E-state index is 12.1. The molecule has 0 bridgehead atoms. The van der Waals surface area contributed by atoms with Gasteiger partial charge in [0.15, 0.2) is 0 Å². The summed E-state index contributed by atoms with van der Waals surface area (Å²) in [4.78, 5) is 20.0. The Hall–Kier alpha value is -2.63. The van der Waals surface area contributed by atoms with E-state index < -0.39 is 0 Å². The van der Waals surface area contributed by atoms with Gasteiger partial charge in [-0.1, -0.05) is 0 Å². The van der Waals surface area contributed by atoms with Crippen molar-refractivity contribution in [1.82, 2.24) is 15.3 Å². The van der Waals surface area contributed by atoms with Crippen LogP contribution in [0.1, 0.15) is 17.3 Å². The van der Waals surface area contributed by atoms with Crippen molar-refractivity contribution in [2.75, 3.05) is 13.7 Å². The Morgan fingerprint density at radius 3 is 2.86 bits per heavy atom. The van der Waals surface area contributed by atoms with Gasteiger partial charge in [-0.05, 0) is 31.2 Å². The zero-order chi connectivity index (χ0) is 15.1. The lowest BCUT2D eigenvalue weighted by atomic mass is 10.2. The number of nitrogens with one attached hydrogen (secondary N) is 1. The highest BCUT2D eigenvalue weighted by Gasteiger charge is 2.14. The highest BCUT2D eigenvalue weighted by molar-refractivity contribution is 5.96. The number of hydrogen-bond acceptors (Lipinski definition) is 5. The van der Waals surface area contributed by atoms with Gasteiger partial charge in [-0.2, -0.15) is 0 Å². The average molecular weight is 287 g/mol. The smallest absolute Gasteiger partial charge is 0.256 e. The molecule has 0 spiro atoms. The molecule has 2 heterocycles. The molecule has 0 aromatic carbocycles. The van der Waals surface area contributed by atoms with Gasteiger partial charge in [0.1, 0.15) is 17.4 Å². The zero-order valence-corrected chi connectivity index (χ0v) is 11.9. The number of carbonyl (C=O) groups is 1. The summed E-state index contributed by atoms with van der Waals surface area (Å²) in [5.74, 6) is 0.718. The Morgan fingerprint density at radius 2 is 2.14 bits per heavy atom. The van der Waals surface area contributed by atoms with Crippen LogP contribution in [-0.2, 0) is 0 Å². The predicted octanol–water partition coefficient (Wildman–Crippen LogP) is 1.68. The van der Waals surface area contributed by atoms with Crippen LogP contribution < -0.4 is 14.8 Å². The van der Waals surface area contributed by atoms with E-state index in [1.54, 1.807) is 36.8 Å². The molecule has 1 N–H and O–H groups in total. The first-order chi connectivity index (χ1) is 10.2. The molecule has 2 rings (SSSR count). The number of rotatable bonds is 6. The van der Waals surface area contributed by atoms with Crippen LogP contribution in [0.25, 0.3) is 0 Å². The summed E-state index contributed by atoms with van der Waals surface area (Å²) in [6, 6.07) is 6.96. The van der Waals surface area contributed by atoms with Crippen molar-refractivity contribution < 1.29 is 14.3 Å². The van der Waals surface area contributed by atoms with Gasteiger partial charge >= 0.3 is 0 Å². The van der Waals surface area contributed by atoms with Crippen molar-refractivity contribution in [3.63, 3.8) is 0 Å². The van der Waals surface area contributed by atoms with E-state index in [1.807, 2.05) is 13.0 Å². The molecule has 1 atom stereocenters. The molecular weight excluding hydrogens is 270 g/mol. The van der Waals surface area contributed by atoms with Gasteiger partial charge < -0.3 is 14.8 Å². The number of pyridine rings is 2. The van der Waals surface area contributed by atoms with Crippen LogP contribution in [0.4, 0.5) is 0 Å². The third-order valence-corrected chi connectivity index (χ3v) is 2.73. The molecule has 6 heteroatoms. The molecule has 0 radical (unpaired) electrons. The fourth-order valence-corrected chi connectivity index (χ4v) is 1.75. The molecule has 0 aliphatic rings. The normalized spacial score (nSPS) is 11.5. The first kappa shape index (κ1) is 14.8. The van der Waals surface area contributed by atoms with E-state index in [-0.39, 0.29) is 12.0 Å². The minimum atomic E-state index is -0.249. The first-order valence-electron chi connectivity index (χ1n) is 6.54. The summed E-state index contributed by atoms with van der Waals surface area (Å²) in [6.45, 7) is 2.24. The van der Waals surface area contributed by atoms with Crippen molar-refractivity contribution in [1.29, 1.82) is 0 Å². The summed E-state index contributed by atoms with van der Waals surface area (Å²) in [6.07, 6.45) is 4.70. The minimum absolute atomic E-state index is 0.180. The van der Waals surface area contributed by atoms with Gasteiger partial charge in [0, 0.05) is 12.4 Å². The van der Waals surface area contributed by atoms with Crippen molar-refractivity contribution >= 4 is 5.91 Å². The number of ether oxygens (including phenoxy) is 2. The molecule has 0 unspecified atom stereocenters. The molecule has 0 fully saturated rings. The molecule has 6 nitrogen and oxygen atoms in total. The van der Waals surface area contributed by atoms with E-state index in [0.717, 1.165) is 0 Å². The second-order valence-corrected chi connectivity index (χ2v) is 4.39. The molecule has 2 aromatic rings. The Balaban J connectivity index is 1.89. The van der Waals surface area contributed by atoms with Gasteiger partial charge in [-0.3, -0.25) is 9.78 Å². The molecule has 1 amide bonds. The number of amides is 1. The Morgan fingerprint density at radius 1 is 1.33 bits per heavy atom. The highest BCUT2D eigenvalue weighted by Crippen LogP contribution is 2.13. The van der Waals surface area contributed by atoms with Gasteiger partial charge in [0.25, 0.3) is 5.91 Å². The average Bonchev–Trinajstić information content (AvgIpc) is 2.53. The summed E-state index contributed by atoms with van der Waals surface area (Å²) >= 11 is 0. The van der Waals surface area contributed by atoms with E-state index in [1.165, 1.54) is 7.11 Å². The van der Waals surface area contributed by atoms with Gasteiger partial charge in [-0.15, -0.1) is 0 Å². The number of carbonyl (C=O) groups excluding carboxylic acids is 1. The van der Waals surface area contributed by atoms with E-state index in [9.17, 15) is 4.79 Å². The van der Waals surface area contributed by atoms with Crippen LogP contribution in [0.5, 0.6) is 11.6 Å². The zero-order valence-electron chi connectivity index (χ0n) is 11.9. The fourth-order valence-electron chi connectivity index (χ4n) is 1.75. The molecule has 21 heavy (non-hydrogen) atoms. The lowest BCUT2D eigenvalue weighted by Crippen LogP contribution is -2.33. The molecule has 0 aliphatic heterocycles. The van der Waals surface area contributed by atoms with Crippen molar-refractivity contribution in [3.8, 4) is 11.6 Å². The monoisotopic (exact) mass is 287 g/mol. The molecule has 0 aliphatic carbocycles. The van der Waals surface area contributed by atoms with E-state index >= 15 is 0 Å². The first-order valence-corrected chi connectivity index (χ1v) is 6.54. The molecule has 110 valence electrons. The molecule has 0 saturated carbocycles. The summed E-state index contributed by atoms with van der Waals surface area (Å²) in [7, 11) is 1.48. The van der Waals surface area contributed by atoms with Crippen molar-refractivity contribution in [3.05, 3.63) is 48.4 Å². The third kappa shape index (κ3) is 4.17. The second-order valence-electron chi connectivity index (χ2n) is 4.39. The van der Waals surface area contributed by atoms with Crippen LogP contribution in [0, 0.1) is 0 Å². The van der Waals surface area contributed by atoms with E-state index in [2.05, 4.69) is 15.3 Å². The van der Waals surface area contributed by atoms with Gasteiger partial charge in [-0.25, -0.2) is 4.98 Å². The summed E-state index contributed by atoms with van der Waals surface area (Å²) in [5.41, 5.74) is 0.397. The molecule has 0 saturated heterocycles. The summed E-state index contributed by atoms with van der Waals surface area (Å²) in [5, 5.41) is 2.79. The maximum Gasteiger partial charge on any atom is 0.256 e. The Labute approximate surface area is 123 Å². The Bertz CT molecular complexity index is 590. The topological polar surface area (TPSA) is 73.3 Å². The SMILES string of the molecule is COc1ncccc1C(=O)NC[C@@H](C)Oc1cccnc1. The number of hydrogen-bond donors (Lipinski definition) is 1. The number of nitrogens with zero attached hydrogens (tertiary/aromatic N) is 2. The largest absolute Gasteiger partial charge is 0.487 e. The van der Waals surface area contributed by atoms with Crippen LogP contribution >= 0.6 is 0 Å². The Kier molecular flexibility index (Phi) is 5.09. The van der Waals surface area contributed by atoms with Crippen LogP contribution in [0.15, 0.2) is 42.9 Å². The summed E-state index contributed by atoms with van der Waals surface area (Å²) < 4.78 is 10.7. The fraction of sp³-hybridized carbons (Fsp3) is 0.267. The van der Waals surface area contributed by atoms with Crippen molar-refractivity contribution in [2.45, 2.75) is 13.0 Å². The lowest BCUT2D eigenvalue weighted by Gasteiger charge is -2.15. The van der Waals surface area contributed by atoms with Crippen LogP contribution in [0.3, 0.4) is 0 Å². The van der Waals surface area contributed by atoms with Gasteiger partial charge in [0.05, 0.1) is 19.9 Å². The maximum atomic E-state index is 12.1. The number of methoxy groups -OCH3 is 1. The van der Waals surface area contributed by atoms with Crippen LogP contribution in [0.2, 0.25) is 0 Å². The molecule has 2 aromatic heterocycles. The third-order valence-electron chi connectivity index (χ3n) is 2.73. The van der Waals surface area contributed by atoms with E-state index in [4.69, 9.17) is 9.47 Å². The quantitative estimate of drug-likeness (QED) is 0.875. The standard InChI is InChI=1S/C15H17N3O3/c1-11(21-12-5-3-7-16-10-12)9-18-14(19)13-6-4-8-17-15(13)20-2/h3-8,10-11H,9H2,1-2H3,(H,18,19)/t11-/m1/s1. The van der Waals surface area contributed by atoms with Crippen molar-refractivity contribution in [2.24, 2.45) is 0 Å². The number of aromatic nitrogens is 2. The second kappa shape index (κ2) is 7.23. The van der Waals surface area contributed by atoms with Crippen LogP contribution in [-0.4, -0.2) is 35.6 Å². The predicted molar refractivity (Wildman–Crippen MR) is 77.4 cm³/mol. The minimum Gasteiger partial charge on any atom is -0.487 e. The lowest BCUT2D eigenvalue weighted by molar-refractivity contribution is 0.0928. The van der Waals surface area contributed by atoms with E-state index in [0.29, 0.717) is 23.7 Å². The molecular formula is C15H17N3O3.